The van der Waals surface area contributed by atoms with E-state index in [1.807, 2.05) is 11.6 Å². The molecule has 1 aromatic carbocycles. The third kappa shape index (κ3) is 1.97. The Morgan fingerprint density at radius 2 is 2.24 bits per heavy atom. The largest absolute Gasteiger partial charge is 0.341 e. The Balaban J connectivity index is 2.04. The van der Waals surface area contributed by atoms with Gasteiger partial charge < -0.3 is 10.3 Å². The van der Waals surface area contributed by atoms with Crippen LogP contribution in [-0.2, 0) is 13.1 Å². The molecule has 86 valence electrons. The second-order valence-corrected chi connectivity index (χ2v) is 4.95. The molecule has 17 heavy (non-hydrogen) atoms. The van der Waals surface area contributed by atoms with Gasteiger partial charge in [0.2, 0.25) is 0 Å². The Bertz CT molecular complexity index is 625. The molecule has 2 aromatic heterocycles. The van der Waals surface area contributed by atoms with Crippen LogP contribution < -0.4 is 5.73 Å². The first-order valence-corrected chi connectivity index (χ1v) is 6.41. The highest BCUT2D eigenvalue weighted by Gasteiger charge is 2.03. The molecule has 0 unspecified atom stereocenters. The van der Waals surface area contributed by atoms with E-state index in [4.69, 9.17) is 5.73 Å². The highest BCUT2D eigenvalue weighted by molar-refractivity contribution is 7.09. The third-order valence-electron chi connectivity index (χ3n) is 2.86. The van der Waals surface area contributed by atoms with Crippen LogP contribution in [0.3, 0.4) is 0 Å². The zero-order valence-electron chi connectivity index (χ0n) is 9.34. The highest BCUT2D eigenvalue weighted by atomic mass is 32.1. The van der Waals surface area contributed by atoms with Gasteiger partial charge in [0.15, 0.2) is 0 Å². The minimum Gasteiger partial charge on any atom is -0.341 e. The maximum atomic E-state index is 5.68. The summed E-state index contributed by atoms with van der Waals surface area (Å²) in [6, 6.07) is 8.48. The molecule has 0 amide bonds. The van der Waals surface area contributed by atoms with Crippen LogP contribution >= 0.6 is 11.3 Å². The summed E-state index contributed by atoms with van der Waals surface area (Å²) in [4.78, 5) is 4.31. The first-order valence-electron chi connectivity index (χ1n) is 5.53. The van der Waals surface area contributed by atoms with E-state index >= 15 is 0 Å². The fourth-order valence-corrected chi connectivity index (χ4v) is 2.59. The molecule has 0 saturated heterocycles. The molecule has 3 nitrogen and oxygen atoms in total. The van der Waals surface area contributed by atoms with Crippen molar-refractivity contribution in [1.82, 2.24) is 9.55 Å². The van der Waals surface area contributed by atoms with Gasteiger partial charge in [-0.1, -0.05) is 12.1 Å². The highest BCUT2D eigenvalue weighted by Crippen LogP contribution is 2.19. The van der Waals surface area contributed by atoms with Gasteiger partial charge in [0.05, 0.1) is 6.54 Å². The average Bonchev–Trinajstić information content (AvgIpc) is 2.99. The van der Waals surface area contributed by atoms with Crippen molar-refractivity contribution in [2.75, 3.05) is 0 Å². The minimum atomic E-state index is 0.582. The molecule has 0 bridgehead atoms. The number of hydrogen-bond donors (Lipinski definition) is 1. The van der Waals surface area contributed by atoms with E-state index in [1.54, 1.807) is 11.3 Å². The summed E-state index contributed by atoms with van der Waals surface area (Å²) in [6.07, 6.45) is 3.95. The van der Waals surface area contributed by atoms with E-state index in [9.17, 15) is 0 Å². The van der Waals surface area contributed by atoms with Crippen molar-refractivity contribution in [1.29, 1.82) is 0 Å². The molecule has 3 aromatic rings. The molecule has 0 aliphatic carbocycles. The summed E-state index contributed by atoms with van der Waals surface area (Å²) in [7, 11) is 0. The summed E-state index contributed by atoms with van der Waals surface area (Å²) in [5, 5.41) is 4.38. The molecular weight excluding hydrogens is 230 g/mol. The lowest BCUT2D eigenvalue weighted by Crippen LogP contribution is -1.99. The van der Waals surface area contributed by atoms with E-state index < -0.39 is 0 Å². The van der Waals surface area contributed by atoms with Crippen LogP contribution in [0.1, 0.15) is 10.6 Å². The van der Waals surface area contributed by atoms with Crippen molar-refractivity contribution in [3.8, 4) is 0 Å². The van der Waals surface area contributed by atoms with Gasteiger partial charge in [-0.3, -0.25) is 0 Å². The number of fused-ring (bicyclic) bond motifs is 1. The molecule has 4 heteroatoms. The Morgan fingerprint density at radius 3 is 3.00 bits per heavy atom. The molecule has 0 fully saturated rings. The zero-order chi connectivity index (χ0) is 11.7. The number of hydrogen-bond acceptors (Lipinski definition) is 3. The van der Waals surface area contributed by atoms with Gasteiger partial charge in [0.1, 0.15) is 5.01 Å². The molecule has 3 rings (SSSR count). The summed E-state index contributed by atoms with van der Waals surface area (Å²) in [6.45, 7) is 1.41. The monoisotopic (exact) mass is 243 g/mol. The summed E-state index contributed by atoms with van der Waals surface area (Å²) in [5.41, 5.74) is 8.06. The van der Waals surface area contributed by atoms with Gasteiger partial charge in [-0.15, -0.1) is 11.3 Å². The molecule has 2 heterocycles. The quantitative estimate of drug-likeness (QED) is 0.768. The fraction of sp³-hybridized carbons (Fsp3) is 0.154. The molecule has 0 spiro atoms. The van der Waals surface area contributed by atoms with Crippen molar-refractivity contribution >= 4 is 22.2 Å². The lowest BCUT2D eigenvalue weighted by Gasteiger charge is -2.04. The van der Waals surface area contributed by atoms with Crippen molar-refractivity contribution in [3.05, 3.63) is 52.6 Å². The van der Waals surface area contributed by atoms with Crippen LogP contribution in [0.25, 0.3) is 10.9 Å². The van der Waals surface area contributed by atoms with E-state index in [2.05, 4.69) is 40.0 Å². The second-order valence-electron chi connectivity index (χ2n) is 3.97. The summed E-state index contributed by atoms with van der Waals surface area (Å²) >= 11 is 1.68. The van der Waals surface area contributed by atoms with Gasteiger partial charge in [-0.2, -0.15) is 0 Å². The average molecular weight is 243 g/mol. The predicted molar refractivity (Wildman–Crippen MR) is 71.0 cm³/mol. The second kappa shape index (κ2) is 4.31. The summed E-state index contributed by atoms with van der Waals surface area (Å²) < 4.78 is 2.22. The van der Waals surface area contributed by atoms with Crippen LogP contribution in [0.15, 0.2) is 42.0 Å². The van der Waals surface area contributed by atoms with Crippen LogP contribution in [0.5, 0.6) is 0 Å². The van der Waals surface area contributed by atoms with Crippen molar-refractivity contribution in [2.45, 2.75) is 13.1 Å². The van der Waals surface area contributed by atoms with Crippen LogP contribution in [0.4, 0.5) is 0 Å². The number of benzene rings is 1. The van der Waals surface area contributed by atoms with Gasteiger partial charge in [-0.25, -0.2) is 4.98 Å². The van der Waals surface area contributed by atoms with E-state index in [-0.39, 0.29) is 0 Å². The smallest absolute Gasteiger partial charge is 0.112 e. The molecule has 2 N–H and O–H groups in total. The standard InChI is InChI=1S/C13H13N3S/c14-8-10-1-2-11-3-5-16(12(11)7-10)9-13-15-4-6-17-13/h1-7H,8-9,14H2. The number of thiazole rings is 1. The first kappa shape index (κ1) is 10.5. The zero-order valence-corrected chi connectivity index (χ0v) is 10.2. The molecule has 0 aliphatic heterocycles. The minimum absolute atomic E-state index is 0.582. The SMILES string of the molecule is NCc1ccc2ccn(Cc3nccs3)c2c1. The lowest BCUT2D eigenvalue weighted by atomic mass is 10.1. The molecule has 0 radical (unpaired) electrons. The maximum absolute atomic E-state index is 5.68. The van der Waals surface area contributed by atoms with Gasteiger partial charge in [0.25, 0.3) is 0 Å². The van der Waals surface area contributed by atoms with Gasteiger partial charge in [0, 0.05) is 29.8 Å². The fourth-order valence-electron chi connectivity index (χ4n) is 1.97. The molecule has 0 aliphatic rings. The number of nitrogens with two attached hydrogens (primary N) is 1. The Morgan fingerprint density at radius 1 is 1.29 bits per heavy atom. The molecular formula is C13H13N3S. The molecule has 0 atom stereocenters. The van der Waals surface area contributed by atoms with Crippen LogP contribution in [0.2, 0.25) is 0 Å². The number of nitrogens with zero attached hydrogens (tertiary/aromatic N) is 2. The topological polar surface area (TPSA) is 43.8 Å². The summed E-state index contributed by atoms with van der Waals surface area (Å²) in [5.74, 6) is 0. The molecule has 0 saturated carbocycles. The van der Waals surface area contributed by atoms with Crippen LogP contribution in [0, 0.1) is 0 Å². The maximum Gasteiger partial charge on any atom is 0.112 e. The number of rotatable bonds is 3. The first-order chi connectivity index (χ1) is 8.36. The number of aromatic nitrogens is 2. The van der Waals surface area contributed by atoms with E-state index in [1.165, 1.54) is 10.9 Å². The normalized spacial score (nSPS) is 11.1. The van der Waals surface area contributed by atoms with E-state index in [0.29, 0.717) is 6.54 Å². The van der Waals surface area contributed by atoms with Gasteiger partial charge >= 0.3 is 0 Å². The van der Waals surface area contributed by atoms with Crippen molar-refractivity contribution in [3.63, 3.8) is 0 Å². The van der Waals surface area contributed by atoms with E-state index in [0.717, 1.165) is 17.1 Å². The third-order valence-corrected chi connectivity index (χ3v) is 3.63. The Hall–Kier alpha value is -1.65. The Labute approximate surface area is 104 Å². The van der Waals surface area contributed by atoms with Crippen LogP contribution in [-0.4, -0.2) is 9.55 Å². The lowest BCUT2D eigenvalue weighted by molar-refractivity contribution is 0.827. The van der Waals surface area contributed by atoms with Gasteiger partial charge in [-0.05, 0) is 23.1 Å². The predicted octanol–water partition coefficient (Wildman–Crippen LogP) is 2.60. The Kier molecular flexibility index (Phi) is 2.66. The van der Waals surface area contributed by atoms with Crippen molar-refractivity contribution < 1.29 is 0 Å². The van der Waals surface area contributed by atoms with Crippen molar-refractivity contribution in [2.24, 2.45) is 5.73 Å².